The minimum Gasteiger partial charge on any atom is -0.462 e. The summed E-state index contributed by atoms with van der Waals surface area (Å²) in [4.78, 5) is 48.3. The van der Waals surface area contributed by atoms with Crippen LogP contribution in [0.2, 0.25) is 0 Å². The molecule has 0 radical (unpaired) electrons. The Kier molecular flexibility index (Phi) is 48.7. The van der Waals surface area contributed by atoms with Gasteiger partial charge in [0.05, 0.1) is 19.8 Å². The predicted molar refractivity (Wildman–Crippen MR) is 288 cm³/mol. The van der Waals surface area contributed by atoms with E-state index >= 15 is 0 Å². The van der Waals surface area contributed by atoms with Gasteiger partial charge in [0, 0.05) is 19.3 Å². The highest BCUT2D eigenvalue weighted by molar-refractivity contribution is 7.47. The summed E-state index contributed by atoms with van der Waals surface area (Å²) < 4.78 is 39.3. The van der Waals surface area contributed by atoms with Crippen LogP contribution in [-0.2, 0) is 42.2 Å². The molecule has 12 heteroatoms. The molecular weight excluding hydrogens is 904 g/mol. The highest BCUT2D eigenvalue weighted by atomic mass is 31.2. The fraction of sp³-hybridized carbons (Fsp3) is 0.638. The van der Waals surface area contributed by atoms with Gasteiger partial charge in [-0.15, -0.1) is 0 Å². The van der Waals surface area contributed by atoms with Gasteiger partial charge in [0.2, 0.25) is 0 Å². The van der Waals surface area contributed by atoms with E-state index in [1.165, 1.54) is 44.9 Å². The summed E-state index contributed by atoms with van der Waals surface area (Å²) in [5.41, 5.74) is 0. The summed E-state index contributed by atoms with van der Waals surface area (Å²) in [6.45, 7) is 4.26. The molecule has 0 aliphatic heterocycles. The van der Waals surface area contributed by atoms with Gasteiger partial charge in [0.1, 0.15) is 12.7 Å². The van der Waals surface area contributed by atoms with Crippen molar-refractivity contribution in [1.29, 1.82) is 0 Å². The summed E-state index contributed by atoms with van der Waals surface area (Å²) in [6.07, 6.45) is 60.8. The molecule has 0 aromatic carbocycles. The number of aliphatic hydroxyl groups excluding tert-OH is 1. The number of aliphatic hydroxyl groups is 1. The predicted octanol–water partition coefficient (Wildman–Crippen LogP) is 15.5. The lowest BCUT2D eigenvalue weighted by Crippen LogP contribution is -2.30. The Bertz CT molecular complexity index is 1590. The first-order chi connectivity index (χ1) is 34.2. The third kappa shape index (κ3) is 49.1. The minimum atomic E-state index is -4.77. The molecule has 0 aromatic rings. The zero-order valence-corrected chi connectivity index (χ0v) is 44.6. The lowest BCUT2D eigenvalue weighted by atomic mass is 10.1. The van der Waals surface area contributed by atoms with Crippen molar-refractivity contribution in [3.63, 3.8) is 0 Å². The molecule has 11 nitrogen and oxygen atoms in total. The Morgan fingerprint density at radius 1 is 0.414 bits per heavy atom. The summed E-state index contributed by atoms with van der Waals surface area (Å²) in [7, 11) is -4.77. The molecule has 3 atom stereocenters. The van der Waals surface area contributed by atoms with E-state index in [-0.39, 0.29) is 25.9 Å². The van der Waals surface area contributed by atoms with Gasteiger partial charge in [-0.3, -0.25) is 23.4 Å². The second-order valence-electron chi connectivity index (χ2n) is 17.3. The fourth-order valence-corrected chi connectivity index (χ4v) is 7.47. The summed E-state index contributed by atoms with van der Waals surface area (Å²) >= 11 is 0. The molecule has 0 aromatic heterocycles. The van der Waals surface area contributed by atoms with Crippen LogP contribution < -0.4 is 0 Å². The first-order valence-corrected chi connectivity index (χ1v) is 28.3. The van der Waals surface area contributed by atoms with Crippen molar-refractivity contribution in [1.82, 2.24) is 0 Å². The first kappa shape index (κ1) is 66.1. The number of esters is 3. The SMILES string of the molecule is CC/C=C\C/C=C\C/C=C\C/C=C\C/C=C\CCCCCC(=O)OC(COC(=O)CCCCCCCCCCCCC)COP(=O)(O)OCC(CO)OC(=O)CC/C=C\C/C=C\C/C=C\C/C=C\CC. The van der Waals surface area contributed by atoms with Gasteiger partial charge < -0.3 is 24.2 Å². The molecule has 0 saturated heterocycles. The van der Waals surface area contributed by atoms with E-state index < -0.39 is 57.8 Å². The minimum absolute atomic E-state index is 0.0489. The maximum atomic E-state index is 12.9. The van der Waals surface area contributed by atoms with Crippen LogP contribution in [0.5, 0.6) is 0 Å². The molecule has 0 spiro atoms. The van der Waals surface area contributed by atoms with Gasteiger partial charge in [-0.2, -0.15) is 0 Å². The molecule has 0 saturated carbocycles. The maximum Gasteiger partial charge on any atom is 0.472 e. The van der Waals surface area contributed by atoms with E-state index in [1.54, 1.807) is 0 Å². The number of hydrogen-bond donors (Lipinski definition) is 2. The average molecular weight is 999 g/mol. The van der Waals surface area contributed by atoms with E-state index in [9.17, 15) is 28.9 Å². The van der Waals surface area contributed by atoms with Crippen LogP contribution >= 0.6 is 7.82 Å². The van der Waals surface area contributed by atoms with E-state index in [1.807, 2.05) is 18.2 Å². The van der Waals surface area contributed by atoms with Gasteiger partial charge in [0.15, 0.2) is 6.10 Å². The Hall–Kier alpha value is -3.86. The summed E-state index contributed by atoms with van der Waals surface area (Å²) in [5.74, 6) is -1.60. The molecule has 0 aliphatic rings. The number of carbonyl (C=O) groups excluding carboxylic acids is 3. The number of ether oxygens (including phenoxy) is 3. The zero-order chi connectivity index (χ0) is 51.3. The van der Waals surface area contributed by atoms with Crippen molar-refractivity contribution in [3.05, 3.63) is 109 Å². The van der Waals surface area contributed by atoms with Gasteiger partial charge in [0.25, 0.3) is 0 Å². The molecule has 398 valence electrons. The smallest absolute Gasteiger partial charge is 0.462 e. The zero-order valence-electron chi connectivity index (χ0n) is 43.7. The molecular formula is C58H95O11P. The number of phosphoric acid groups is 1. The largest absolute Gasteiger partial charge is 0.472 e. The number of hydrogen-bond acceptors (Lipinski definition) is 10. The quantitative estimate of drug-likeness (QED) is 0.0197. The number of phosphoric ester groups is 1. The molecule has 0 amide bonds. The van der Waals surface area contributed by atoms with Crippen LogP contribution in [0.25, 0.3) is 0 Å². The van der Waals surface area contributed by atoms with Gasteiger partial charge >= 0.3 is 25.7 Å². The Morgan fingerprint density at radius 3 is 1.23 bits per heavy atom. The van der Waals surface area contributed by atoms with Crippen LogP contribution in [0, 0.1) is 0 Å². The van der Waals surface area contributed by atoms with Gasteiger partial charge in [-0.25, -0.2) is 4.57 Å². The number of unbranched alkanes of at least 4 members (excludes halogenated alkanes) is 13. The molecule has 0 aliphatic carbocycles. The molecule has 2 N–H and O–H groups in total. The summed E-state index contributed by atoms with van der Waals surface area (Å²) in [6, 6.07) is 0. The van der Waals surface area contributed by atoms with Gasteiger partial charge in [-0.1, -0.05) is 201 Å². The fourth-order valence-electron chi connectivity index (χ4n) is 6.69. The number of allylic oxidation sites excluding steroid dienone is 18. The topological polar surface area (TPSA) is 155 Å². The third-order valence-electron chi connectivity index (χ3n) is 10.7. The second kappa shape index (κ2) is 51.5. The monoisotopic (exact) mass is 999 g/mol. The molecule has 0 rings (SSSR count). The van der Waals surface area contributed by atoms with Crippen molar-refractivity contribution in [2.75, 3.05) is 26.4 Å². The Balaban J connectivity index is 4.85. The van der Waals surface area contributed by atoms with Gasteiger partial charge in [-0.05, 0) is 89.9 Å². The molecule has 0 bridgehead atoms. The van der Waals surface area contributed by atoms with Crippen LogP contribution in [0.4, 0.5) is 0 Å². The standard InChI is InChI=1S/C58H95O11P/c1-4-7-10-13-16-19-22-24-25-26-27-28-29-31-34-37-40-43-46-49-58(62)69-55(51-65-56(60)47-44-41-38-35-32-21-18-15-12-9-6-3)53-67-70(63,64)66-52-54(50-59)68-57(61)48-45-42-39-36-33-30-23-20-17-14-11-8-5-2/h7-8,10-11,16-17,19-20,24-25,27-28,30-31,33-34,39,42,54-55,59H,4-6,9,12-15,18,21-23,26,29,32,35-38,40-41,43-53H2,1-3H3,(H,63,64)/b10-7-,11-8-,19-16-,20-17-,25-24-,28-27-,33-30-,34-31-,42-39-. The highest BCUT2D eigenvalue weighted by Gasteiger charge is 2.28. The lowest BCUT2D eigenvalue weighted by Gasteiger charge is -2.21. The lowest BCUT2D eigenvalue weighted by molar-refractivity contribution is -0.161. The number of rotatable bonds is 48. The van der Waals surface area contributed by atoms with Crippen LogP contribution in [-0.4, -0.2) is 66.5 Å². The van der Waals surface area contributed by atoms with Crippen molar-refractivity contribution in [2.45, 2.75) is 213 Å². The molecule has 3 unspecified atom stereocenters. The maximum absolute atomic E-state index is 12.9. The van der Waals surface area contributed by atoms with Crippen LogP contribution in [0.3, 0.4) is 0 Å². The van der Waals surface area contributed by atoms with Crippen molar-refractivity contribution in [2.24, 2.45) is 0 Å². The van der Waals surface area contributed by atoms with Crippen LogP contribution in [0.15, 0.2) is 109 Å². The third-order valence-corrected chi connectivity index (χ3v) is 11.7. The van der Waals surface area contributed by atoms with E-state index in [4.69, 9.17) is 23.3 Å². The molecule has 70 heavy (non-hydrogen) atoms. The molecule has 0 fully saturated rings. The normalized spacial score (nSPS) is 14.3. The van der Waals surface area contributed by atoms with E-state index in [0.29, 0.717) is 19.3 Å². The summed E-state index contributed by atoms with van der Waals surface area (Å²) in [5, 5.41) is 9.76. The Labute approximate surface area is 425 Å². The van der Waals surface area contributed by atoms with Crippen molar-refractivity contribution < 1.29 is 52.2 Å². The van der Waals surface area contributed by atoms with Crippen molar-refractivity contribution in [3.8, 4) is 0 Å². The number of carbonyl (C=O) groups is 3. The average Bonchev–Trinajstić information content (AvgIpc) is 3.35. The van der Waals surface area contributed by atoms with Crippen LogP contribution in [0.1, 0.15) is 201 Å². The second-order valence-corrected chi connectivity index (χ2v) is 18.7. The molecule has 0 heterocycles. The van der Waals surface area contributed by atoms with Crippen molar-refractivity contribution >= 4 is 25.7 Å². The van der Waals surface area contributed by atoms with E-state index in [2.05, 4.69) is 112 Å². The van der Waals surface area contributed by atoms with E-state index in [0.717, 1.165) is 96.3 Å². The Morgan fingerprint density at radius 2 is 0.771 bits per heavy atom. The first-order valence-electron chi connectivity index (χ1n) is 26.8. The highest BCUT2D eigenvalue weighted by Crippen LogP contribution is 2.43.